The lowest BCUT2D eigenvalue weighted by Crippen LogP contribution is -2.56. The van der Waals surface area contributed by atoms with Crippen LogP contribution in [0.2, 0.25) is 0 Å². The monoisotopic (exact) mass is 347 g/mol. The Morgan fingerprint density at radius 1 is 1.42 bits per heavy atom. The molecule has 6 nitrogen and oxygen atoms in total. The third-order valence-corrected chi connectivity index (χ3v) is 6.16. The Kier molecular flexibility index (Phi) is 3.73. The first-order chi connectivity index (χ1) is 11.5. The van der Waals surface area contributed by atoms with Crippen LogP contribution in [0.3, 0.4) is 0 Å². The van der Waals surface area contributed by atoms with Gasteiger partial charge in [0.2, 0.25) is 0 Å². The molecule has 2 aliphatic rings. The van der Waals surface area contributed by atoms with E-state index in [1.165, 1.54) is 0 Å². The van der Waals surface area contributed by atoms with Crippen LogP contribution < -0.4 is 4.90 Å². The highest BCUT2D eigenvalue weighted by Gasteiger charge is 2.52. The van der Waals surface area contributed by atoms with E-state index in [-0.39, 0.29) is 0 Å². The van der Waals surface area contributed by atoms with Gasteiger partial charge in [-0.1, -0.05) is 12.8 Å². The molecular formula is C17H21N3O3S. The van der Waals surface area contributed by atoms with Crippen molar-refractivity contribution in [2.75, 3.05) is 18.0 Å². The predicted molar refractivity (Wildman–Crippen MR) is 92.4 cm³/mol. The number of aliphatic hydroxyl groups is 1. The number of aromatic nitrogens is 2. The summed E-state index contributed by atoms with van der Waals surface area (Å²) in [5.41, 5.74) is -0.196. The lowest BCUT2D eigenvalue weighted by Gasteiger charge is -2.44. The lowest BCUT2D eigenvalue weighted by atomic mass is 9.73. The van der Waals surface area contributed by atoms with Gasteiger partial charge >= 0.3 is 5.97 Å². The van der Waals surface area contributed by atoms with Crippen molar-refractivity contribution in [3.63, 3.8) is 0 Å². The van der Waals surface area contributed by atoms with Crippen molar-refractivity contribution in [3.05, 3.63) is 17.3 Å². The number of hydrogen-bond acceptors (Lipinski definition) is 6. The van der Waals surface area contributed by atoms with Crippen LogP contribution in [-0.2, 0) is 4.79 Å². The van der Waals surface area contributed by atoms with E-state index in [1.54, 1.807) is 11.3 Å². The number of piperidine rings is 1. The first-order valence-corrected chi connectivity index (χ1v) is 9.26. The molecule has 2 atom stereocenters. The second-order valence-electron chi connectivity index (χ2n) is 7.06. The molecule has 4 rings (SSSR count). The summed E-state index contributed by atoms with van der Waals surface area (Å²) in [5.74, 6) is 1.04. The predicted octanol–water partition coefficient (Wildman–Crippen LogP) is 2.44. The molecule has 0 bridgehead atoms. The van der Waals surface area contributed by atoms with Crippen molar-refractivity contribution >= 4 is 33.3 Å². The molecule has 2 aromatic heterocycles. The SMILES string of the molecule is Cc1nc(N2CC[C@@H](O)[C@](CC3CC3)(C(=O)O)C2)c2sccc2n1. The van der Waals surface area contributed by atoms with Crippen LogP contribution >= 0.6 is 11.3 Å². The summed E-state index contributed by atoms with van der Waals surface area (Å²) in [4.78, 5) is 23.2. The highest BCUT2D eigenvalue weighted by Crippen LogP contribution is 2.46. The number of aryl methyl sites for hydroxylation is 1. The number of aliphatic carboxylic acids is 1. The van der Waals surface area contributed by atoms with E-state index in [9.17, 15) is 15.0 Å². The highest BCUT2D eigenvalue weighted by molar-refractivity contribution is 7.17. The molecule has 2 N–H and O–H groups in total. The highest BCUT2D eigenvalue weighted by atomic mass is 32.1. The molecule has 7 heteroatoms. The van der Waals surface area contributed by atoms with E-state index in [4.69, 9.17) is 0 Å². The second-order valence-corrected chi connectivity index (χ2v) is 7.98. The smallest absolute Gasteiger partial charge is 0.314 e. The summed E-state index contributed by atoms with van der Waals surface area (Å²) in [6.45, 7) is 2.78. The van der Waals surface area contributed by atoms with E-state index in [0.29, 0.717) is 37.7 Å². The van der Waals surface area contributed by atoms with Crippen molar-refractivity contribution in [2.24, 2.45) is 11.3 Å². The van der Waals surface area contributed by atoms with Gasteiger partial charge in [-0.05, 0) is 37.1 Å². The molecule has 24 heavy (non-hydrogen) atoms. The van der Waals surface area contributed by atoms with Gasteiger partial charge in [0.1, 0.15) is 17.1 Å². The molecule has 0 spiro atoms. The van der Waals surface area contributed by atoms with Crippen LogP contribution in [0.1, 0.15) is 31.5 Å². The van der Waals surface area contributed by atoms with Gasteiger partial charge in [-0.3, -0.25) is 4.79 Å². The fourth-order valence-corrected chi connectivity index (χ4v) is 4.62. The second kappa shape index (κ2) is 5.67. The molecule has 128 valence electrons. The minimum Gasteiger partial charge on any atom is -0.481 e. The number of carboxylic acids is 1. The van der Waals surface area contributed by atoms with E-state index < -0.39 is 17.5 Å². The Hall–Kier alpha value is -1.73. The van der Waals surface area contributed by atoms with Gasteiger partial charge in [0, 0.05) is 13.1 Å². The van der Waals surface area contributed by atoms with Crippen molar-refractivity contribution in [1.82, 2.24) is 9.97 Å². The molecule has 1 aliphatic heterocycles. The molecule has 3 heterocycles. The summed E-state index contributed by atoms with van der Waals surface area (Å²) < 4.78 is 0.989. The van der Waals surface area contributed by atoms with Crippen LogP contribution in [0.15, 0.2) is 11.4 Å². The maximum absolute atomic E-state index is 12.1. The molecule has 0 aromatic carbocycles. The zero-order valence-corrected chi connectivity index (χ0v) is 14.4. The molecule has 2 fully saturated rings. The van der Waals surface area contributed by atoms with Gasteiger partial charge in [-0.15, -0.1) is 11.3 Å². The maximum atomic E-state index is 12.1. The van der Waals surface area contributed by atoms with Crippen LogP contribution in [0.5, 0.6) is 0 Å². The van der Waals surface area contributed by atoms with Gasteiger partial charge < -0.3 is 15.1 Å². The zero-order chi connectivity index (χ0) is 16.9. The summed E-state index contributed by atoms with van der Waals surface area (Å²) in [5, 5.41) is 22.4. The fraction of sp³-hybridized carbons (Fsp3) is 0.588. The number of aliphatic hydroxyl groups excluding tert-OH is 1. The summed E-state index contributed by atoms with van der Waals surface area (Å²) in [7, 11) is 0. The molecule has 1 aliphatic carbocycles. The normalized spacial score (nSPS) is 27.6. The quantitative estimate of drug-likeness (QED) is 0.883. The van der Waals surface area contributed by atoms with Crippen LogP contribution in [0, 0.1) is 18.3 Å². The number of nitrogens with zero attached hydrogens (tertiary/aromatic N) is 3. The van der Waals surface area contributed by atoms with Gasteiger partial charge in [0.05, 0.1) is 16.3 Å². The molecule has 0 amide bonds. The summed E-state index contributed by atoms with van der Waals surface area (Å²) in [6, 6.07) is 1.96. The Morgan fingerprint density at radius 3 is 2.92 bits per heavy atom. The van der Waals surface area contributed by atoms with Crippen molar-refractivity contribution in [3.8, 4) is 0 Å². The van der Waals surface area contributed by atoms with Gasteiger partial charge in [0.25, 0.3) is 0 Å². The minimum absolute atomic E-state index is 0.309. The first kappa shape index (κ1) is 15.8. The Bertz CT molecular complexity index is 788. The summed E-state index contributed by atoms with van der Waals surface area (Å²) in [6.07, 6.45) is 2.35. The average molecular weight is 347 g/mol. The molecule has 0 unspecified atom stereocenters. The van der Waals surface area contributed by atoms with Gasteiger partial charge in [-0.2, -0.15) is 0 Å². The topological polar surface area (TPSA) is 86.5 Å². The van der Waals surface area contributed by atoms with E-state index in [1.807, 2.05) is 23.3 Å². The zero-order valence-electron chi connectivity index (χ0n) is 13.6. The Balaban J connectivity index is 1.73. The van der Waals surface area contributed by atoms with Crippen molar-refractivity contribution in [1.29, 1.82) is 0 Å². The standard InChI is InChI=1S/C17H21N3O3S/c1-10-18-12-5-7-24-14(12)15(19-10)20-6-4-13(21)17(9-20,16(22)23)8-11-2-3-11/h5,7,11,13,21H,2-4,6,8-9H2,1H3,(H,22,23)/t13-,17-/m1/s1. The third-order valence-electron chi connectivity index (χ3n) is 5.26. The number of hydrogen-bond donors (Lipinski definition) is 2. The molecule has 1 saturated heterocycles. The third kappa shape index (κ3) is 2.56. The van der Waals surface area contributed by atoms with Gasteiger partial charge in [-0.25, -0.2) is 9.97 Å². The number of rotatable bonds is 4. The first-order valence-electron chi connectivity index (χ1n) is 8.38. The average Bonchev–Trinajstić information content (AvgIpc) is 3.22. The van der Waals surface area contributed by atoms with Crippen LogP contribution in [-0.4, -0.2) is 45.3 Å². The molecule has 2 aromatic rings. The molecule has 0 radical (unpaired) electrons. The maximum Gasteiger partial charge on any atom is 0.314 e. The largest absolute Gasteiger partial charge is 0.481 e. The number of carboxylic acid groups (broad SMARTS) is 1. The van der Waals surface area contributed by atoms with E-state index in [0.717, 1.165) is 28.9 Å². The number of carbonyl (C=O) groups is 1. The van der Waals surface area contributed by atoms with Crippen molar-refractivity contribution < 1.29 is 15.0 Å². The number of thiophene rings is 1. The number of anilines is 1. The fourth-order valence-electron chi connectivity index (χ4n) is 3.77. The Labute approximate surface area is 144 Å². The molecule has 1 saturated carbocycles. The number of fused-ring (bicyclic) bond motifs is 1. The van der Waals surface area contributed by atoms with E-state index >= 15 is 0 Å². The van der Waals surface area contributed by atoms with Gasteiger partial charge in [0.15, 0.2) is 0 Å². The van der Waals surface area contributed by atoms with E-state index in [2.05, 4.69) is 9.97 Å². The van der Waals surface area contributed by atoms with Crippen LogP contribution in [0.25, 0.3) is 10.2 Å². The lowest BCUT2D eigenvalue weighted by molar-refractivity contribution is -0.158. The summed E-state index contributed by atoms with van der Waals surface area (Å²) >= 11 is 1.58. The molecular weight excluding hydrogens is 326 g/mol. The minimum atomic E-state index is -1.10. The Morgan fingerprint density at radius 2 is 2.21 bits per heavy atom. The van der Waals surface area contributed by atoms with Crippen LogP contribution in [0.4, 0.5) is 5.82 Å². The van der Waals surface area contributed by atoms with Crippen molar-refractivity contribution in [2.45, 2.75) is 38.7 Å².